The van der Waals surface area contributed by atoms with Gasteiger partial charge in [0.1, 0.15) is 0 Å². The summed E-state index contributed by atoms with van der Waals surface area (Å²) < 4.78 is 21.3. The number of rotatable bonds is 13. The highest BCUT2D eigenvalue weighted by atomic mass is 16.5. The van der Waals surface area contributed by atoms with E-state index in [1.165, 1.54) is 0 Å². The third kappa shape index (κ3) is 6.88. The zero-order valence-electron chi connectivity index (χ0n) is 14.9. The molecular formula is C18H29NO5. The Morgan fingerprint density at radius 1 is 1.25 bits per heavy atom. The van der Waals surface area contributed by atoms with Gasteiger partial charge in [0.2, 0.25) is 0 Å². The number of para-hydroxylation sites is 1. The first-order chi connectivity index (χ1) is 11.7. The molecule has 6 nitrogen and oxygen atoms in total. The molecule has 6 heteroatoms. The lowest BCUT2D eigenvalue weighted by Gasteiger charge is -2.26. The normalized spacial score (nSPS) is 12.2. The van der Waals surface area contributed by atoms with Crippen molar-refractivity contribution in [2.24, 2.45) is 0 Å². The van der Waals surface area contributed by atoms with Crippen LogP contribution in [0.15, 0.2) is 30.9 Å². The van der Waals surface area contributed by atoms with E-state index in [4.69, 9.17) is 18.9 Å². The molecule has 136 valence electrons. The van der Waals surface area contributed by atoms with E-state index in [-0.39, 0.29) is 6.61 Å². The first-order valence-electron chi connectivity index (χ1n) is 7.94. The third-order valence-electron chi connectivity index (χ3n) is 3.50. The van der Waals surface area contributed by atoms with Crippen molar-refractivity contribution in [3.05, 3.63) is 36.4 Å². The zero-order valence-corrected chi connectivity index (χ0v) is 14.9. The number of hydrogen-bond acceptors (Lipinski definition) is 6. The van der Waals surface area contributed by atoms with E-state index in [1.807, 2.05) is 18.2 Å². The summed E-state index contributed by atoms with van der Waals surface area (Å²) in [5.41, 5.74) is 0.993. The molecule has 0 aromatic heterocycles. The second-order valence-corrected chi connectivity index (χ2v) is 5.36. The van der Waals surface area contributed by atoms with Crippen LogP contribution in [0.2, 0.25) is 0 Å². The van der Waals surface area contributed by atoms with Gasteiger partial charge in [0.15, 0.2) is 11.5 Å². The Morgan fingerprint density at radius 3 is 2.67 bits per heavy atom. The number of methoxy groups -OCH3 is 3. The van der Waals surface area contributed by atoms with Crippen molar-refractivity contribution >= 4 is 0 Å². The minimum atomic E-state index is -0.585. The molecule has 0 spiro atoms. The minimum absolute atomic E-state index is 0.269. The third-order valence-corrected chi connectivity index (χ3v) is 3.50. The van der Waals surface area contributed by atoms with Crippen LogP contribution >= 0.6 is 0 Å². The van der Waals surface area contributed by atoms with Gasteiger partial charge in [-0.1, -0.05) is 18.2 Å². The molecule has 0 aliphatic rings. The van der Waals surface area contributed by atoms with Crippen LogP contribution in [-0.4, -0.2) is 70.3 Å². The van der Waals surface area contributed by atoms with Gasteiger partial charge in [0.05, 0.1) is 40.1 Å². The summed E-state index contributed by atoms with van der Waals surface area (Å²) in [6.45, 7) is 6.64. The molecule has 0 saturated heterocycles. The Balaban J connectivity index is 2.76. The van der Waals surface area contributed by atoms with E-state index < -0.39 is 6.10 Å². The summed E-state index contributed by atoms with van der Waals surface area (Å²) in [5, 5.41) is 10.2. The van der Waals surface area contributed by atoms with Crippen LogP contribution in [0.5, 0.6) is 11.5 Å². The van der Waals surface area contributed by atoms with E-state index in [0.717, 1.165) is 5.56 Å². The van der Waals surface area contributed by atoms with Gasteiger partial charge in [-0.05, 0) is 6.07 Å². The van der Waals surface area contributed by atoms with Crippen LogP contribution in [0.25, 0.3) is 0 Å². The van der Waals surface area contributed by atoms with Gasteiger partial charge < -0.3 is 24.1 Å². The topological polar surface area (TPSA) is 60.4 Å². The van der Waals surface area contributed by atoms with Crippen LogP contribution in [0, 0.1) is 0 Å². The van der Waals surface area contributed by atoms with Crippen molar-refractivity contribution in [3.63, 3.8) is 0 Å². The average molecular weight is 339 g/mol. The summed E-state index contributed by atoms with van der Waals surface area (Å²) in [4.78, 5) is 2.10. The number of hydrogen-bond donors (Lipinski definition) is 1. The molecule has 0 saturated carbocycles. The molecule has 24 heavy (non-hydrogen) atoms. The highest BCUT2D eigenvalue weighted by Crippen LogP contribution is 2.31. The fraction of sp³-hybridized carbons (Fsp3) is 0.556. The highest BCUT2D eigenvalue weighted by Gasteiger charge is 2.16. The van der Waals surface area contributed by atoms with Gasteiger partial charge in [-0.15, -0.1) is 6.58 Å². The van der Waals surface area contributed by atoms with E-state index in [9.17, 15) is 5.11 Å². The summed E-state index contributed by atoms with van der Waals surface area (Å²) in [6, 6.07) is 5.77. The van der Waals surface area contributed by atoms with Crippen molar-refractivity contribution in [3.8, 4) is 11.5 Å². The number of ether oxygens (including phenoxy) is 4. The van der Waals surface area contributed by atoms with Crippen LogP contribution < -0.4 is 9.47 Å². The second kappa shape index (κ2) is 11.9. The Bertz CT molecular complexity index is 480. The lowest BCUT2D eigenvalue weighted by Crippen LogP contribution is -2.36. The maximum Gasteiger partial charge on any atom is 0.165 e. The summed E-state index contributed by atoms with van der Waals surface area (Å²) in [5.74, 6) is 1.40. The van der Waals surface area contributed by atoms with Crippen LogP contribution in [-0.2, 0) is 16.0 Å². The molecule has 0 fully saturated rings. The molecule has 1 N–H and O–H groups in total. The van der Waals surface area contributed by atoms with Gasteiger partial charge in [-0.3, -0.25) is 4.90 Å². The highest BCUT2D eigenvalue weighted by molar-refractivity contribution is 5.46. The van der Waals surface area contributed by atoms with E-state index >= 15 is 0 Å². The molecule has 0 radical (unpaired) electrons. The number of nitrogens with zero attached hydrogens (tertiary/aromatic N) is 1. The largest absolute Gasteiger partial charge is 0.493 e. The van der Waals surface area contributed by atoms with Gasteiger partial charge in [0, 0.05) is 32.3 Å². The van der Waals surface area contributed by atoms with E-state index in [2.05, 4.69) is 11.5 Å². The second-order valence-electron chi connectivity index (χ2n) is 5.36. The molecule has 1 rings (SSSR count). The van der Waals surface area contributed by atoms with Gasteiger partial charge >= 0.3 is 0 Å². The van der Waals surface area contributed by atoms with Crippen molar-refractivity contribution in [2.75, 3.05) is 54.2 Å². The van der Waals surface area contributed by atoms with Crippen molar-refractivity contribution < 1.29 is 24.1 Å². The van der Waals surface area contributed by atoms with E-state index in [1.54, 1.807) is 27.4 Å². The Hall–Kier alpha value is -1.60. The molecule has 0 unspecified atom stereocenters. The fourth-order valence-corrected chi connectivity index (χ4v) is 2.41. The molecule has 0 aliphatic heterocycles. The molecule has 0 heterocycles. The maximum atomic E-state index is 10.2. The number of aliphatic hydroxyl groups excluding tert-OH is 1. The summed E-state index contributed by atoms with van der Waals surface area (Å²) in [6.07, 6.45) is 1.08. The lowest BCUT2D eigenvalue weighted by atomic mass is 10.1. The molecule has 1 atom stereocenters. The minimum Gasteiger partial charge on any atom is -0.493 e. The van der Waals surface area contributed by atoms with Crippen molar-refractivity contribution in [2.45, 2.75) is 12.6 Å². The van der Waals surface area contributed by atoms with Crippen molar-refractivity contribution in [1.29, 1.82) is 0 Å². The Labute approximate surface area is 144 Å². The Morgan fingerprint density at radius 2 is 2.04 bits per heavy atom. The number of benzene rings is 1. The predicted molar refractivity (Wildman–Crippen MR) is 93.7 cm³/mol. The fourth-order valence-electron chi connectivity index (χ4n) is 2.41. The van der Waals surface area contributed by atoms with Crippen LogP contribution in [0.1, 0.15) is 5.56 Å². The molecular weight excluding hydrogens is 310 g/mol. The summed E-state index contributed by atoms with van der Waals surface area (Å²) in [7, 11) is 4.90. The average Bonchev–Trinajstić information content (AvgIpc) is 2.59. The van der Waals surface area contributed by atoms with Gasteiger partial charge in [-0.25, -0.2) is 0 Å². The first-order valence-corrected chi connectivity index (χ1v) is 7.94. The monoisotopic (exact) mass is 339 g/mol. The van der Waals surface area contributed by atoms with Crippen molar-refractivity contribution in [1.82, 2.24) is 4.90 Å². The van der Waals surface area contributed by atoms with Crippen LogP contribution in [0.4, 0.5) is 0 Å². The first kappa shape index (κ1) is 20.4. The summed E-state index contributed by atoms with van der Waals surface area (Å²) >= 11 is 0. The van der Waals surface area contributed by atoms with Crippen LogP contribution in [0.3, 0.4) is 0 Å². The lowest BCUT2D eigenvalue weighted by molar-refractivity contribution is 0.0192. The molecule has 1 aromatic rings. The maximum absolute atomic E-state index is 10.2. The van der Waals surface area contributed by atoms with Gasteiger partial charge in [-0.2, -0.15) is 0 Å². The van der Waals surface area contributed by atoms with E-state index in [0.29, 0.717) is 44.3 Å². The SMILES string of the molecule is C=CCOC[C@@H](O)CN(CCOC)Cc1cccc(OC)c1OC. The quantitative estimate of drug-likeness (QED) is 0.436. The van der Waals surface area contributed by atoms with Gasteiger partial charge in [0.25, 0.3) is 0 Å². The standard InChI is InChI=1S/C18H29NO5/c1-5-10-24-14-16(20)13-19(9-11-21-2)12-15-7-6-8-17(22-3)18(15)23-4/h5-8,16,20H,1,9-14H2,2-4H3/t16-/m0/s1. The zero-order chi connectivity index (χ0) is 17.8. The predicted octanol–water partition coefficient (Wildman–Crippen LogP) is 1.72. The number of aliphatic hydroxyl groups is 1. The molecule has 0 aliphatic carbocycles. The molecule has 0 bridgehead atoms. The smallest absolute Gasteiger partial charge is 0.165 e. The molecule has 0 amide bonds. The Kier molecular flexibility index (Phi) is 10.1. The molecule has 1 aromatic carbocycles.